The van der Waals surface area contributed by atoms with E-state index < -0.39 is 41.7 Å². The Morgan fingerprint density at radius 1 is 1.07 bits per heavy atom. The Morgan fingerprint density at radius 3 is 2.45 bits per heavy atom. The van der Waals surface area contributed by atoms with Crippen molar-refractivity contribution in [3.63, 3.8) is 0 Å². The number of carbonyl (C=O) groups is 4. The molecule has 4 heterocycles. The Kier molecular flexibility index (Phi) is 8.26. The summed E-state index contributed by atoms with van der Waals surface area (Å²) < 4.78 is 40.4. The number of hydrogen-bond donors (Lipinski definition) is 2. The second-order valence-electron chi connectivity index (χ2n) is 9.71. The summed E-state index contributed by atoms with van der Waals surface area (Å²) in [4.78, 5) is 57.6. The third-order valence-corrected chi connectivity index (χ3v) is 6.89. The van der Waals surface area contributed by atoms with E-state index in [0.717, 1.165) is 17.0 Å². The van der Waals surface area contributed by atoms with E-state index in [2.05, 4.69) is 20.8 Å². The first-order valence-electron chi connectivity index (χ1n) is 13.1. The highest BCUT2D eigenvalue weighted by Crippen LogP contribution is 2.31. The average Bonchev–Trinajstić information content (AvgIpc) is 3.66. The maximum atomic E-state index is 15.2. The van der Waals surface area contributed by atoms with Gasteiger partial charge in [0.05, 0.1) is 30.5 Å². The number of benzene rings is 1. The Balaban J connectivity index is 1.16. The largest absolute Gasteiger partial charge is 0.442 e. The van der Waals surface area contributed by atoms with Crippen LogP contribution in [-0.2, 0) is 9.53 Å². The lowest BCUT2D eigenvalue weighted by Gasteiger charge is -2.37. The standard InChI is InChI=1S/C27H27F2N7O6/c1-16(33-24(37)17-3-2-5-30-13-17)26(39)35-9-7-34(8-10-35)23-20(28)11-18(12-21(23)29)36-15-19(41-27(36)40)14-31-25(38)22-4-6-32-42-22/h2-6,11-13,16,19H,7-10,14-15H2,1H3,(H,31,38)(H,33,37)/t16-,19-/m0/s1. The second kappa shape index (κ2) is 12.2. The second-order valence-corrected chi connectivity index (χ2v) is 9.71. The minimum atomic E-state index is -0.878. The van der Waals surface area contributed by atoms with Gasteiger partial charge in [0.2, 0.25) is 11.7 Å². The zero-order valence-corrected chi connectivity index (χ0v) is 22.5. The fourth-order valence-electron chi connectivity index (χ4n) is 4.74. The molecule has 0 bridgehead atoms. The van der Waals surface area contributed by atoms with Crippen LogP contribution in [0.15, 0.2) is 53.4 Å². The van der Waals surface area contributed by atoms with Crippen molar-refractivity contribution in [1.82, 2.24) is 25.7 Å². The molecule has 2 aliphatic rings. The van der Waals surface area contributed by atoms with Gasteiger partial charge in [-0.3, -0.25) is 24.3 Å². The summed E-state index contributed by atoms with van der Waals surface area (Å²) >= 11 is 0. The number of aromatic nitrogens is 2. The van der Waals surface area contributed by atoms with Gasteiger partial charge >= 0.3 is 6.09 Å². The number of rotatable bonds is 8. The van der Waals surface area contributed by atoms with Gasteiger partial charge in [0.1, 0.15) is 17.8 Å². The number of ether oxygens (including phenoxy) is 1. The zero-order chi connectivity index (χ0) is 29.8. The maximum Gasteiger partial charge on any atom is 0.414 e. The quantitative estimate of drug-likeness (QED) is 0.403. The molecule has 2 aromatic heterocycles. The molecule has 0 saturated carbocycles. The van der Waals surface area contributed by atoms with Crippen molar-refractivity contribution in [2.45, 2.75) is 19.1 Å². The number of pyridine rings is 1. The molecule has 2 atom stereocenters. The van der Waals surface area contributed by atoms with Gasteiger partial charge < -0.3 is 29.7 Å². The van der Waals surface area contributed by atoms with Crippen molar-refractivity contribution >= 4 is 35.2 Å². The SMILES string of the molecule is C[C@H](NC(=O)c1cccnc1)C(=O)N1CCN(c2c(F)cc(N3C[C@H](CNC(=O)c4ccno4)OC3=O)cc2F)CC1. The molecule has 2 saturated heterocycles. The molecular weight excluding hydrogens is 556 g/mol. The number of carbonyl (C=O) groups excluding carboxylic acids is 4. The lowest BCUT2D eigenvalue weighted by atomic mass is 10.1. The number of anilines is 2. The van der Waals surface area contributed by atoms with Crippen LogP contribution in [0.5, 0.6) is 0 Å². The van der Waals surface area contributed by atoms with Crippen LogP contribution >= 0.6 is 0 Å². The number of amides is 4. The van der Waals surface area contributed by atoms with Gasteiger partial charge in [0.25, 0.3) is 11.8 Å². The van der Waals surface area contributed by atoms with Gasteiger partial charge in [0, 0.05) is 56.8 Å². The van der Waals surface area contributed by atoms with E-state index in [0.29, 0.717) is 5.56 Å². The summed E-state index contributed by atoms with van der Waals surface area (Å²) in [6, 6.07) is 5.85. The van der Waals surface area contributed by atoms with Crippen molar-refractivity contribution in [1.29, 1.82) is 0 Å². The van der Waals surface area contributed by atoms with Crippen molar-refractivity contribution in [2.24, 2.45) is 0 Å². The van der Waals surface area contributed by atoms with Gasteiger partial charge in [0.15, 0.2) is 11.6 Å². The minimum Gasteiger partial charge on any atom is -0.442 e. The van der Waals surface area contributed by atoms with E-state index in [4.69, 9.17) is 9.26 Å². The number of nitrogens with one attached hydrogen (secondary N) is 2. The minimum absolute atomic E-state index is 0.0109. The molecule has 42 heavy (non-hydrogen) atoms. The van der Waals surface area contributed by atoms with Crippen LogP contribution in [0, 0.1) is 11.6 Å². The molecule has 5 rings (SSSR count). The predicted octanol–water partition coefficient (Wildman–Crippen LogP) is 1.57. The van der Waals surface area contributed by atoms with Gasteiger partial charge in [-0.2, -0.15) is 0 Å². The Bertz CT molecular complexity index is 1440. The van der Waals surface area contributed by atoms with Gasteiger partial charge in [-0.1, -0.05) is 5.16 Å². The summed E-state index contributed by atoms with van der Waals surface area (Å²) in [5.74, 6) is -3.07. The summed E-state index contributed by atoms with van der Waals surface area (Å²) in [5, 5.41) is 8.63. The van der Waals surface area contributed by atoms with Crippen LogP contribution in [0.25, 0.3) is 0 Å². The molecule has 4 amide bonds. The van der Waals surface area contributed by atoms with E-state index in [1.807, 2.05) is 0 Å². The topological polar surface area (TPSA) is 150 Å². The zero-order valence-electron chi connectivity index (χ0n) is 22.5. The molecule has 0 aliphatic carbocycles. The molecule has 1 aromatic carbocycles. The van der Waals surface area contributed by atoms with E-state index in [9.17, 15) is 19.2 Å². The van der Waals surface area contributed by atoms with Gasteiger partial charge in [-0.15, -0.1) is 0 Å². The molecule has 2 fully saturated rings. The lowest BCUT2D eigenvalue weighted by molar-refractivity contribution is -0.133. The highest BCUT2D eigenvalue weighted by molar-refractivity contribution is 5.97. The first kappa shape index (κ1) is 28.4. The fourth-order valence-corrected chi connectivity index (χ4v) is 4.74. The normalized spacial score (nSPS) is 17.5. The highest BCUT2D eigenvalue weighted by atomic mass is 19.1. The summed E-state index contributed by atoms with van der Waals surface area (Å²) in [7, 11) is 0. The number of halogens is 2. The van der Waals surface area contributed by atoms with E-state index in [-0.39, 0.29) is 62.3 Å². The van der Waals surface area contributed by atoms with Crippen molar-refractivity contribution < 1.29 is 37.2 Å². The smallest absolute Gasteiger partial charge is 0.414 e. The molecule has 0 unspecified atom stereocenters. The third-order valence-electron chi connectivity index (χ3n) is 6.89. The number of piperazine rings is 1. The summed E-state index contributed by atoms with van der Waals surface area (Å²) in [5.41, 5.74) is 0.0192. The fraction of sp³-hybridized carbons (Fsp3) is 0.333. The van der Waals surface area contributed by atoms with Crippen molar-refractivity contribution in [2.75, 3.05) is 49.1 Å². The lowest BCUT2D eigenvalue weighted by Crippen LogP contribution is -2.54. The molecule has 2 N–H and O–H groups in total. The molecule has 3 aromatic rings. The molecule has 15 heteroatoms. The summed E-state index contributed by atoms with van der Waals surface area (Å²) in [6.07, 6.45) is 2.68. The number of hydrogen-bond acceptors (Lipinski definition) is 9. The maximum absolute atomic E-state index is 15.2. The Labute approximate surface area is 238 Å². The van der Waals surface area contributed by atoms with Crippen LogP contribution in [0.4, 0.5) is 25.0 Å². The van der Waals surface area contributed by atoms with E-state index >= 15 is 8.78 Å². The number of nitrogens with zero attached hydrogens (tertiary/aromatic N) is 5. The van der Waals surface area contributed by atoms with Crippen molar-refractivity contribution in [3.05, 3.63) is 71.9 Å². The van der Waals surface area contributed by atoms with Gasteiger partial charge in [-0.25, -0.2) is 13.6 Å². The molecular formula is C27H27F2N7O6. The molecule has 13 nitrogen and oxygen atoms in total. The number of cyclic esters (lactones) is 1. The first-order valence-corrected chi connectivity index (χ1v) is 13.1. The van der Waals surface area contributed by atoms with Crippen LogP contribution in [-0.4, -0.2) is 90.3 Å². The van der Waals surface area contributed by atoms with Gasteiger partial charge in [-0.05, 0) is 19.1 Å². The van der Waals surface area contributed by atoms with Crippen LogP contribution < -0.4 is 20.4 Å². The molecule has 0 radical (unpaired) electrons. The van der Waals surface area contributed by atoms with Crippen LogP contribution in [0.3, 0.4) is 0 Å². The molecule has 0 spiro atoms. The van der Waals surface area contributed by atoms with Crippen molar-refractivity contribution in [3.8, 4) is 0 Å². The van der Waals surface area contributed by atoms with Crippen LogP contribution in [0.2, 0.25) is 0 Å². The first-order chi connectivity index (χ1) is 20.2. The van der Waals surface area contributed by atoms with E-state index in [1.54, 1.807) is 19.1 Å². The van der Waals surface area contributed by atoms with E-state index in [1.165, 1.54) is 34.5 Å². The highest BCUT2D eigenvalue weighted by Gasteiger charge is 2.35. The predicted molar refractivity (Wildman–Crippen MR) is 143 cm³/mol. The van der Waals surface area contributed by atoms with Crippen LogP contribution in [0.1, 0.15) is 27.8 Å². The summed E-state index contributed by atoms with van der Waals surface area (Å²) in [6.45, 7) is 2.17. The molecule has 2 aliphatic heterocycles. The third kappa shape index (κ3) is 6.14. The molecule has 220 valence electrons. The Morgan fingerprint density at radius 2 is 1.81 bits per heavy atom. The average molecular weight is 584 g/mol. The Hall–Kier alpha value is -5.08. The monoisotopic (exact) mass is 583 g/mol.